The normalized spacial score (nSPS) is 14.1. The van der Waals surface area contributed by atoms with Crippen LogP contribution in [-0.2, 0) is 6.42 Å². The summed E-state index contributed by atoms with van der Waals surface area (Å²) in [6, 6.07) is 18.1. The van der Waals surface area contributed by atoms with Crippen molar-refractivity contribution in [2.45, 2.75) is 11.0 Å². The van der Waals surface area contributed by atoms with E-state index >= 15 is 0 Å². The highest BCUT2D eigenvalue weighted by Crippen LogP contribution is 2.45. The molecule has 3 aromatic rings. The third-order valence-electron chi connectivity index (χ3n) is 4.44. The zero-order chi connectivity index (χ0) is 19.2. The van der Waals surface area contributed by atoms with Crippen molar-refractivity contribution >= 4 is 35.2 Å². The van der Waals surface area contributed by atoms with Gasteiger partial charge in [-0.25, -0.2) is 9.48 Å². The van der Waals surface area contributed by atoms with Crippen LogP contribution >= 0.6 is 23.5 Å². The van der Waals surface area contributed by atoms with Gasteiger partial charge in [-0.2, -0.15) is 5.10 Å². The van der Waals surface area contributed by atoms with Gasteiger partial charge in [-0.15, -0.1) is 23.5 Å². The number of urea groups is 1. The lowest BCUT2D eigenvalue weighted by molar-refractivity contribution is 0.252. The minimum absolute atomic E-state index is 0.169. The van der Waals surface area contributed by atoms with Crippen molar-refractivity contribution in [1.82, 2.24) is 15.1 Å². The van der Waals surface area contributed by atoms with Crippen molar-refractivity contribution in [2.75, 3.05) is 23.4 Å². The molecule has 1 aromatic heterocycles. The van der Waals surface area contributed by atoms with Gasteiger partial charge >= 0.3 is 6.03 Å². The van der Waals surface area contributed by atoms with Crippen molar-refractivity contribution in [1.29, 1.82) is 0 Å². The Kier molecular flexibility index (Phi) is 6.24. The van der Waals surface area contributed by atoms with Crippen LogP contribution in [0.2, 0.25) is 0 Å². The summed E-state index contributed by atoms with van der Waals surface area (Å²) in [6.45, 7) is 0.584. The number of nitrogens with zero attached hydrogens (tertiary/aromatic N) is 2. The number of amides is 2. The van der Waals surface area contributed by atoms with Crippen molar-refractivity contribution in [3.63, 3.8) is 0 Å². The first-order valence-electron chi connectivity index (χ1n) is 9.25. The van der Waals surface area contributed by atoms with Crippen LogP contribution in [0.3, 0.4) is 0 Å². The fourth-order valence-electron chi connectivity index (χ4n) is 3.05. The van der Waals surface area contributed by atoms with Gasteiger partial charge < -0.3 is 10.6 Å². The highest BCUT2D eigenvalue weighted by atomic mass is 32.2. The number of nitrogens with one attached hydrogen (secondary N) is 2. The lowest BCUT2D eigenvalue weighted by Crippen LogP contribution is -2.30. The third-order valence-corrected chi connectivity index (χ3v) is 7.55. The van der Waals surface area contributed by atoms with Crippen LogP contribution in [0.5, 0.6) is 0 Å². The zero-order valence-corrected chi connectivity index (χ0v) is 17.0. The van der Waals surface area contributed by atoms with Gasteiger partial charge in [-0.05, 0) is 47.9 Å². The van der Waals surface area contributed by atoms with Crippen LogP contribution in [0, 0.1) is 0 Å². The van der Waals surface area contributed by atoms with E-state index in [0.717, 1.165) is 17.8 Å². The molecule has 5 nitrogen and oxygen atoms in total. The average molecular weight is 411 g/mol. The molecule has 2 aromatic carbocycles. The predicted octanol–water partition coefficient (Wildman–Crippen LogP) is 4.72. The number of benzene rings is 2. The molecule has 0 spiro atoms. The van der Waals surface area contributed by atoms with Crippen LogP contribution < -0.4 is 10.6 Å². The number of hydrogen-bond donors (Lipinski definition) is 2. The second kappa shape index (κ2) is 9.21. The molecule has 0 saturated carbocycles. The molecule has 0 bridgehead atoms. The standard InChI is InChI=1S/C21H22N4OS2/c26-21(24-18-4-1-3-17(15-18)20-27-13-14-28-20)22-11-9-16-5-7-19(8-6-16)25-12-2-10-23-25/h1-8,10,12,15,20H,9,11,13-14H2,(H2,22,24,26). The smallest absolute Gasteiger partial charge is 0.319 e. The Morgan fingerprint density at radius 2 is 1.93 bits per heavy atom. The predicted molar refractivity (Wildman–Crippen MR) is 118 cm³/mol. The second-order valence-electron chi connectivity index (χ2n) is 6.45. The first-order chi connectivity index (χ1) is 13.8. The van der Waals surface area contributed by atoms with Gasteiger partial charge in [0.25, 0.3) is 0 Å². The molecular formula is C21H22N4OS2. The van der Waals surface area contributed by atoms with Crippen LogP contribution in [0.25, 0.3) is 5.69 Å². The van der Waals surface area contributed by atoms with E-state index in [1.165, 1.54) is 22.6 Å². The summed E-state index contributed by atoms with van der Waals surface area (Å²) >= 11 is 3.93. The maximum Gasteiger partial charge on any atom is 0.319 e. The lowest BCUT2D eigenvalue weighted by atomic mass is 10.1. The summed E-state index contributed by atoms with van der Waals surface area (Å²) < 4.78 is 2.31. The maximum atomic E-state index is 12.2. The van der Waals surface area contributed by atoms with Crippen molar-refractivity contribution in [2.24, 2.45) is 0 Å². The van der Waals surface area contributed by atoms with Crippen LogP contribution in [0.15, 0.2) is 67.0 Å². The van der Waals surface area contributed by atoms with E-state index in [2.05, 4.69) is 40.0 Å². The monoisotopic (exact) mass is 410 g/mol. The Hall–Kier alpha value is -2.38. The minimum Gasteiger partial charge on any atom is -0.338 e. The summed E-state index contributed by atoms with van der Waals surface area (Å²) in [6.07, 6.45) is 4.46. The molecule has 1 fully saturated rings. The molecule has 0 atom stereocenters. The number of aromatic nitrogens is 2. The van der Waals surface area contributed by atoms with Gasteiger partial charge in [0.05, 0.1) is 10.3 Å². The average Bonchev–Trinajstić information content (AvgIpc) is 3.43. The highest BCUT2D eigenvalue weighted by Gasteiger charge is 2.18. The van der Waals surface area contributed by atoms with Crippen LogP contribution in [-0.4, -0.2) is 33.9 Å². The van der Waals surface area contributed by atoms with E-state index in [-0.39, 0.29) is 6.03 Å². The number of hydrogen-bond acceptors (Lipinski definition) is 4. The summed E-state index contributed by atoms with van der Waals surface area (Å²) in [5, 5.41) is 10.1. The first kappa shape index (κ1) is 19.0. The van der Waals surface area contributed by atoms with Gasteiger partial charge in [0.1, 0.15) is 0 Å². The van der Waals surface area contributed by atoms with Gasteiger partial charge in [-0.1, -0.05) is 24.3 Å². The van der Waals surface area contributed by atoms with Crippen LogP contribution in [0.4, 0.5) is 10.5 Å². The van der Waals surface area contributed by atoms with E-state index in [9.17, 15) is 4.79 Å². The molecule has 0 radical (unpaired) electrons. The Bertz CT molecular complexity index is 906. The highest BCUT2D eigenvalue weighted by molar-refractivity contribution is 8.19. The van der Waals surface area contributed by atoms with Gasteiger partial charge in [0.15, 0.2) is 0 Å². The zero-order valence-electron chi connectivity index (χ0n) is 15.4. The topological polar surface area (TPSA) is 59.0 Å². The maximum absolute atomic E-state index is 12.2. The molecule has 2 heterocycles. The molecule has 1 aliphatic rings. The van der Waals surface area contributed by atoms with Crippen molar-refractivity contribution < 1.29 is 4.79 Å². The fraction of sp³-hybridized carbons (Fsp3) is 0.238. The van der Waals surface area contributed by atoms with Gasteiger partial charge in [-0.3, -0.25) is 0 Å². The van der Waals surface area contributed by atoms with Crippen molar-refractivity contribution in [3.8, 4) is 5.69 Å². The molecule has 7 heteroatoms. The van der Waals surface area contributed by atoms with Gasteiger partial charge in [0.2, 0.25) is 0 Å². The largest absolute Gasteiger partial charge is 0.338 e. The molecular weight excluding hydrogens is 388 g/mol. The fourth-order valence-corrected chi connectivity index (χ4v) is 5.88. The number of carbonyl (C=O) groups excluding carboxylic acids is 1. The lowest BCUT2D eigenvalue weighted by Gasteiger charge is -2.12. The van der Waals surface area contributed by atoms with Gasteiger partial charge in [0, 0.05) is 36.1 Å². The van der Waals surface area contributed by atoms with Crippen LogP contribution in [0.1, 0.15) is 15.7 Å². The Labute approximate surface area is 173 Å². The molecule has 4 rings (SSSR count). The Balaban J connectivity index is 1.25. The molecule has 1 saturated heterocycles. The molecule has 2 amide bonds. The summed E-state index contributed by atoms with van der Waals surface area (Å²) in [5.41, 5.74) is 4.31. The number of anilines is 1. The molecule has 0 aliphatic carbocycles. The molecule has 144 valence electrons. The Morgan fingerprint density at radius 3 is 2.68 bits per heavy atom. The molecule has 2 N–H and O–H groups in total. The third kappa shape index (κ3) is 4.91. The quantitative estimate of drug-likeness (QED) is 0.618. The van der Waals surface area contributed by atoms with E-state index < -0.39 is 0 Å². The van der Waals surface area contributed by atoms with E-state index in [4.69, 9.17) is 0 Å². The Morgan fingerprint density at radius 1 is 1.11 bits per heavy atom. The second-order valence-corrected chi connectivity index (χ2v) is 9.17. The molecule has 28 heavy (non-hydrogen) atoms. The summed E-state index contributed by atoms with van der Waals surface area (Å²) in [4.78, 5) is 12.2. The SMILES string of the molecule is O=C(NCCc1ccc(-n2cccn2)cc1)Nc1cccc(C2SCCS2)c1. The number of carbonyl (C=O) groups is 1. The van der Waals surface area contributed by atoms with E-state index in [1.807, 2.05) is 64.7 Å². The first-order valence-corrected chi connectivity index (χ1v) is 11.3. The van der Waals surface area contributed by atoms with E-state index in [1.54, 1.807) is 6.20 Å². The summed E-state index contributed by atoms with van der Waals surface area (Å²) in [5.74, 6) is 2.38. The molecule has 1 aliphatic heterocycles. The number of rotatable bonds is 6. The van der Waals surface area contributed by atoms with E-state index in [0.29, 0.717) is 11.1 Å². The summed E-state index contributed by atoms with van der Waals surface area (Å²) in [7, 11) is 0. The molecule has 0 unspecified atom stereocenters. The minimum atomic E-state index is -0.169. The van der Waals surface area contributed by atoms with Crippen molar-refractivity contribution in [3.05, 3.63) is 78.1 Å². The number of thioether (sulfide) groups is 2.